The summed E-state index contributed by atoms with van der Waals surface area (Å²) in [6, 6.07) is 5.37. The summed E-state index contributed by atoms with van der Waals surface area (Å²) in [4.78, 5) is 19.5. The second kappa shape index (κ2) is 5.56. The molecule has 0 aliphatic carbocycles. The molecule has 0 fully saturated rings. The number of carbonyl (C=O) groups is 1. The quantitative estimate of drug-likeness (QED) is 0.891. The number of hydrogen-bond donors (Lipinski definition) is 2. The molecule has 104 valence electrons. The van der Waals surface area contributed by atoms with Gasteiger partial charge in [-0.05, 0) is 25.1 Å². The van der Waals surface area contributed by atoms with Gasteiger partial charge in [0.1, 0.15) is 12.1 Å². The second-order valence-corrected chi connectivity index (χ2v) is 4.32. The van der Waals surface area contributed by atoms with Crippen molar-refractivity contribution in [3.05, 3.63) is 30.2 Å². The molecule has 1 amide bonds. The highest BCUT2D eigenvalue weighted by Gasteiger charge is 2.11. The molecule has 0 atom stereocenters. The Labute approximate surface area is 117 Å². The van der Waals surface area contributed by atoms with E-state index in [4.69, 9.17) is 10.5 Å². The monoisotopic (exact) mass is 272 g/mol. The van der Waals surface area contributed by atoms with Crippen molar-refractivity contribution in [1.82, 2.24) is 9.97 Å². The van der Waals surface area contributed by atoms with Crippen LogP contribution in [-0.2, 0) is 4.79 Å². The minimum absolute atomic E-state index is 0.174. The maximum absolute atomic E-state index is 11.2. The number of carbonyl (C=O) groups excluding carboxylic acids is 1. The Balaban J connectivity index is 2.52. The zero-order valence-corrected chi connectivity index (χ0v) is 11.6. The number of anilines is 2. The lowest BCUT2D eigenvalue weighted by atomic mass is 10.1. The number of rotatable bonds is 3. The second-order valence-electron chi connectivity index (χ2n) is 4.32. The summed E-state index contributed by atoms with van der Waals surface area (Å²) in [5.41, 5.74) is 9.23. The SMILES string of the molecule is COc1ccc(-c2ncnc(C)c2N)cc1NC(C)=O. The summed E-state index contributed by atoms with van der Waals surface area (Å²) in [5.74, 6) is 0.403. The number of methoxy groups -OCH3 is 1. The Bertz CT molecular complexity index is 656. The highest BCUT2D eigenvalue weighted by molar-refractivity contribution is 5.92. The maximum atomic E-state index is 11.2. The number of hydrogen-bond acceptors (Lipinski definition) is 5. The molecule has 1 aromatic heterocycles. The Hall–Kier alpha value is -2.63. The number of nitrogens with two attached hydrogens (primary N) is 1. The average molecular weight is 272 g/mol. The van der Waals surface area contributed by atoms with Crippen LogP contribution in [0.1, 0.15) is 12.6 Å². The number of nitrogens with zero attached hydrogens (tertiary/aromatic N) is 2. The van der Waals surface area contributed by atoms with Crippen LogP contribution >= 0.6 is 0 Å². The van der Waals surface area contributed by atoms with Gasteiger partial charge >= 0.3 is 0 Å². The molecule has 1 heterocycles. The van der Waals surface area contributed by atoms with E-state index in [0.717, 1.165) is 5.56 Å². The Morgan fingerprint density at radius 2 is 2.10 bits per heavy atom. The number of nitrogens with one attached hydrogen (secondary N) is 1. The van der Waals surface area contributed by atoms with Gasteiger partial charge < -0.3 is 15.8 Å². The molecular weight excluding hydrogens is 256 g/mol. The fourth-order valence-corrected chi connectivity index (χ4v) is 1.86. The molecule has 0 bridgehead atoms. The van der Waals surface area contributed by atoms with Crippen LogP contribution in [-0.4, -0.2) is 23.0 Å². The van der Waals surface area contributed by atoms with Crippen LogP contribution in [0.25, 0.3) is 11.3 Å². The molecule has 2 rings (SSSR count). The molecule has 0 saturated heterocycles. The molecule has 0 unspecified atom stereocenters. The number of ether oxygens (including phenoxy) is 1. The Kier molecular flexibility index (Phi) is 3.84. The zero-order valence-electron chi connectivity index (χ0n) is 11.6. The smallest absolute Gasteiger partial charge is 0.221 e. The lowest BCUT2D eigenvalue weighted by Crippen LogP contribution is -2.07. The molecule has 0 aliphatic heterocycles. The third-order valence-electron chi connectivity index (χ3n) is 2.87. The standard InChI is InChI=1S/C14H16N4O2/c1-8-13(15)14(17-7-16-8)10-4-5-12(20-3)11(6-10)18-9(2)19/h4-7H,15H2,1-3H3,(H,18,19). The number of aryl methyl sites for hydroxylation is 1. The van der Waals surface area contributed by atoms with Gasteiger partial charge in [-0.2, -0.15) is 0 Å². The summed E-state index contributed by atoms with van der Waals surface area (Å²) in [5, 5.41) is 2.72. The topological polar surface area (TPSA) is 90.1 Å². The lowest BCUT2D eigenvalue weighted by molar-refractivity contribution is -0.114. The van der Waals surface area contributed by atoms with Gasteiger partial charge in [-0.1, -0.05) is 0 Å². The molecule has 1 aromatic carbocycles. The maximum Gasteiger partial charge on any atom is 0.221 e. The Morgan fingerprint density at radius 3 is 2.75 bits per heavy atom. The predicted molar refractivity (Wildman–Crippen MR) is 77.5 cm³/mol. The van der Waals surface area contributed by atoms with E-state index in [2.05, 4.69) is 15.3 Å². The van der Waals surface area contributed by atoms with Gasteiger partial charge in [0.05, 0.1) is 29.9 Å². The van der Waals surface area contributed by atoms with Crippen LogP contribution in [0.2, 0.25) is 0 Å². The van der Waals surface area contributed by atoms with Crippen LogP contribution in [0.15, 0.2) is 24.5 Å². The average Bonchev–Trinajstić information content (AvgIpc) is 2.41. The van der Waals surface area contributed by atoms with E-state index >= 15 is 0 Å². The van der Waals surface area contributed by atoms with Crippen molar-refractivity contribution in [2.24, 2.45) is 0 Å². The van der Waals surface area contributed by atoms with Crippen LogP contribution in [0.3, 0.4) is 0 Å². The lowest BCUT2D eigenvalue weighted by Gasteiger charge is -2.12. The first-order valence-corrected chi connectivity index (χ1v) is 6.06. The van der Waals surface area contributed by atoms with Gasteiger partial charge in [0, 0.05) is 12.5 Å². The number of amides is 1. The largest absolute Gasteiger partial charge is 0.495 e. The van der Waals surface area contributed by atoms with Gasteiger partial charge in [-0.25, -0.2) is 9.97 Å². The molecular formula is C14H16N4O2. The van der Waals surface area contributed by atoms with Gasteiger partial charge in [-0.15, -0.1) is 0 Å². The van der Waals surface area contributed by atoms with Gasteiger partial charge in [0.25, 0.3) is 0 Å². The third-order valence-corrected chi connectivity index (χ3v) is 2.87. The first-order valence-electron chi connectivity index (χ1n) is 6.06. The first kappa shape index (κ1) is 13.8. The summed E-state index contributed by atoms with van der Waals surface area (Å²) in [7, 11) is 1.55. The minimum atomic E-state index is -0.174. The highest BCUT2D eigenvalue weighted by Crippen LogP contribution is 2.32. The number of nitrogen functional groups attached to an aromatic ring is 1. The van der Waals surface area contributed by atoms with E-state index in [-0.39, 0.29) is 5.91 Å². The van der Waals surface area contributed by atoms with Crippen molar-refractivity contribution in [1.29, 1.82) is 0 Å². The van der Waals surface area contributed by atoms with E-state index < -0.39 is 0 Å². The fraction of sp³-hybridized carbons (Fsp3) is 0.214. The van der Waals surface area contributed by atoms with Gasteiger partial charge in [0.2, 0.25) is 5.91 Å². The Morgan fingerprint density at radius 1 is 1.35 bits per heavy atom. The van der Waals surface area contributed by atoms with E-state index in [1.54, 1.807) is 19.2 Å². The van der Waals surface area contributed by atoms with Crippen LogP contribution in [0.4, 0.5) is 11.4 Å². The molecule has 3 N–H and O–H groups in total. The summed E-state index contributed by atoms with van der Waals surface area (Å²) >= 11 is 0. The van der Waals surface area contributed by atoms with E-state index in [1.165, 1.54) is 13.3 Å². The molecule has 20 heavy (non-hydrogen) atoms. The van der Waals surface area contributed by atoms with E-state index in [1.807, 2.05) is 13.0 Å². The summed E-state index contributed by atoms with van der Waals surface area (Å²) in [6.07, 6.45) is 1.46. The van der Waals surface area contributed by atoms with Gasteiger partial charge in [0.15, 0.2) is 0 Å². The molecule has 2 aromatic rings. The normalized spacial score (nSPS) is 10.2. The van der Waals surface area contributed by atoms with Crippen molar-refractivity contribution < 1.29 is 9.53 Å². The number of benzene rings is 1. The third kappa shape index (κ3) is 2.69. The molecule has 0 saturated carbocycles. The molecule has 0 radical (unpaired) electrons. The molecule has 6 nitrogen and oxygen atoms in total. The van der Waals surface area contributed by atoms with Crippen LogP contribution < -0.4 is 15.8 Å². The van der Waals surface area contributed by atoms with Crippen molar-refractivity contribution in [2.75, 3.05) is 18.2 Å². The van der Waals surface area contributed by atoms with Crippen molar-refractivity contribution in [3.8, 4) is 17.0 Å². The predicted octanol–water partition coefficient (Wildman–Crippen LogP) is 2.00. The first-order chi connectivity index (χ1) is 9.52. The van der Waals surface area contributed by atoms with Gasteiger partial charge in [-0.3, -0.25) is 4.79 Å². The molecule has 0 spiro atoms. The van der Waals surface area contributed by atoms with E-state index in [9.17, 15) is 4.79 Å². The van der Waals surface area contributed by atoms with E-state index in [0.29, 0.717) is 28.5 Å². The zero-order chi connectivity index (χ0) is 14.7. The van der Waals surface area contributed by atoms with Crippen molar-refractivity contribution >= 4 is 17.3 Å². The van der Waals surface area contributed by atoms with Crippen molar-refractivity contribution in [2.45, 2.75) is 13.8 Å². The minimum Gasteiger partial charge on any atom is -0.495 e. The van der Waals surface area contributed by atoms with Crippen LogP contribution in [0.5, 0.6) is 5.75 Å². The summed E-state index contributed by atoms with van der Waals surface area (Å²) in [6.45, 7) is 3.26. The highest BCUT2D eigenvalue weighted by atomic mass is 16.5. The molecule has 6 heteroatoms. The number of aromatic nitrogens is 2. The molecule has 0 aliphatic rings. The fourth-order valence-electron chi connectivity index (χ4n) is 1.86. The summed E-state index contributed by atoms with van der Waals surface area (Å²) < 4.78 is 5.21. The van der Waals surface area contributed by atoms with Crippen molar-refractivity contribution in [3.63, 3.8) is 0 Å². The van der Waals surface area contributed by atoms with Crippen LogP contribution in [0, 0.1) is 6.92 Å².